The Labute approximate surface area is 329 Å². The molecule has 0 fully saturated rings. The number of rotatable bonds is 6. The van der Waals surface area contributed by atoms with Gasteiger partial charge in [0.25, 0.3) is 0 Å². The van der Waals surface area contributed by atoms with Gasteiger partial charge >= 0.3 is 259 Å². The molecule has 3 aromatic heterocycles. The van der Waals surface area contributed by atoms with Crippen LogP contribution in [0.25, 0.3) is 53.6 Å². The first kappa shape index (κ1) is 42.7. The van der Waals surface area contributed by atoms with Crippen LogP contribution in [-0.2, 0) is 20.2 Å². The van der Waals surface area contributed by atoms with Crippen molar-refractivity contribution in [1.29, 1.82) is 0 Å². The molecule has 0 aliphatic carbocycles. The van der Waals surface area contributed by atoms with E-state index in [1.54, 1.807) is 0 Å². The molecule has 0 N–H and O–H groups in total. The summed E-state index contributed by atoms with van der Waals surface area (Å²) in [6.45, 7) is 0. The minimum atomic E-state index is -6.09. The monoisotopic (exact) mass is 890 g/mol. The van der Waals surface area contributed by atoms with Crippen molar-refractivity contribution in [2.24, 2.45) is 0 Å². The number of hydrogen-bond donors (Lipinski definition) is 0. The van der Waals surface area contributed by atoms with E-state index in [2.05, 4.69) is 167 Å². The van der Waals surface area contributed by atoms with Crippen molar-refractivity contribution in [2.75, 3.05) is 0 Å². The van der Waals surface area contributed by atoms with E-state index in [1.165, 1.54) is 42.3 Å². The zero-order valence-corrected chi connectivity index (χ0v) is 32.3. The Morgan fingerprint density at radius 2 is 0.667 bits per heavy atom. The number of alkyl halides is 6. The van der Waals surface area contributed by atoms with E-state index in [1.807, 2.05) is 12.1 Å². The predicted molar refractivity (Wildman–Crippen MR) is 200 cm³/mol. The fraction of sp³-hybridized carbons (Fsp3) is 0.0500. The molecule has 0 amide bonds. The molecule has 294 valence electrons. The number of aromatic nitrogens is 2. The summed E-state index contributed by atoms with van der Waals surface area (Å²) in [5.41, 5.74) is -1.21. The van der Waals surface area contributed by atoms with Gasteiger partial charge in [-0.1, -0.05) is 0 Å². The molecule has 7 aromatic rings. The zero-order valence-electron chi connectivity index (χ0n) is 29.0. The maximum absolute atomic E-state index is 10.7. The summed E-state index contributed by atoms with van der Waals surface area (Å²) in [7, 11) is -12.2. The van der Waals surface area contributed by atoms with Crippen LogP contribution >= 0.6 is 0 Å². The summed E-state index contributed by atoms with van der Waals surface area (Å²) in [4.78, 5) is 0. The second-order valence-corrected chi connectivity index (χ2v) is 16.6. The van der Waals surface area contributed by atoms with E-state index in [-0.39, 0.29) is 14.5 Å². The SMILES string of the molecule is O=S(=O)([O-])C(F)(F)F.O=S(=O)([O-])C(F)(F)F.c1ccc(-c2c(-c3ccc(-[n+]4ccccc4)cc3)[se]c(-c3ccc(-[n+]4ccccc4)cc3)c2-c2ccccc2)cc1. The Balaban J connectivity index is 0.000000328. The molecule has 4 aromatic carbocycles. The fourth-order valence-electron chi connectivity index (χ4n) is 5.31. The molecule has 0 radical (unpaired) electrons. The number of pyridine rings is 2. The van der Waals surface area contributed by atoms with Gasteiger partial charge in [0, 0.05) is 0 Å². The average Bonchev–Trinajstić information content (AvgIpc) is 3.59. The van der Waals surface area contributed by atoms with Crippen LogP contribution < -0.4 is 9.13 Å². The molecular formula is C40H28F6N2O6S2Se. The summed E-state index contributed by atoms with van der Waals surface area (Å²) in [5.74, 6) is 0. The van der Waals surface area contributed by atoms with Crippen LogP contribution in [0.5, 0.6) is 0 Å². The summed E-state index contributed by atoms with van der Waals surface area (Å²) in [5, 5.41) is 0. The summed E-state index contributed by atoms with van der Waals surface area (Å²) < 4.78 is 125. The van der Waals surface area contributed by atoms with Gasteiger partial charge in [-0.15, -0.1) is 0 Å². The predicted octanol–water partition coefficient (Wildman–Crippen LogP) is 8.07. The van der Waals surface area contributed by atoms with Gasteiger partial charge in [-0.2, -0.15) is 26.3 Å². The van der Waals surface area contributed by atoms with E-state index >= 15 is 0 Å². The third kappa shape index (κ3) is 10.9. The molecule has 7 rings (SSSR count). The van der Waals surface area contributed by atoms with Gasteiger partial charge in [0.2, 0.25) is 0 Å². The second kappa shape index (κ2) is 17.8. The fourth-order valence-corrected chi connectivity index (χ4v) is 8.15. The van der Waals surface area contributed by atoms with Gasteiger partial charge in [0.15, 0.2) is 20.2 Å². The molecule has 3 heterocycles. The quantitative estimate of drug-likeness (QED) is 0.0548. The van der Waals surface area contributed by atoms with Crippen molar-refractivity contribution >= 4 is 34.7 Å². The van der Waals surface area contributed by atoms with Crippen LogP contribution in [-0.4, -0.2) is 51.5 Å². The average molecular weight is 890 g/mol. The minimum absolute atomic E-state index is 0.110. The number of nitrogens with zero attached hydrogens (tertiary/aromatic N) is 2. The zero-order chi connectivity index (χ0) is 41.4. The molecule has 0 spiro atoms. The Bertz CT molecular complexity index is 2430. The molecule has 0 unspecified atom stereocenters. The second-order valence-electron chi connectivity index (χ2n) is 11.7. The van der Waals surface area contributed by atoms with Crippen molar-refractivity contribution in [2.45, 2.75) is 11.0 Å². The molecule has 0 atom stereocenters. The van der Waals surface area contributed by atoms with E-state index in [0.717, 1.165) is 11.4 Å². The summed E-state index contributed by atoms with van der Waals surface area (Å²) in [6.07, 6.45) is 8.36. The van der Waals surface area contributed by atoms with Gasteiger partial charge in [-0.25, -0.2) is 16.8 Å². The van der Waals surface area contributed by atoms with Crippen molar-refractivity contribution in [3.8, 4) is 53.6 Å². The van der Waals surface area contributed by atoms with Crippen LogP contribution in [0.2, 0.25) is 0 Å². The van der Waals surface area contributed by atoms with Gasteiger partial charge in [-0.05, 0) is 0 Å². The van der Waals surface area contributed by atoms with Crippen LogP contribution in [0, 0.1) is 0 Å². The molecule has 0 aliphatic heterocycles. The van der Waals surface area contributed by atoms with Crippen LogP contribution in [0.3, 0.4) is 0 Å². The first-order valence-corrected chi connectivity index (χ1v) is 20.8. The Kier molecular flexibility index (Phi) is 13.3. The normalized spacial score (nSPS) is 11.8. The summed E-state index contributed by atoms with van der Waals surface area (Å²) >= 11 is 0.110. The molecule has 57 heavy (non-hydrogen) atoms. The van der Waals surface area contributed by atoms with Crippen molar-refractivity contribution in [3.05, 3.63) is 170 Å². The molecule has 17 heteroatoms. The van der Waals surface area contributed by atoms with Gasteiger partial charge < -0.3 is 9.11 Å². The van der Waals surface area contributed by atoms with Gasteiger partial charge in [-0.3, -0.25) is 0 Å². The molecule has 0 bridgehead atoms. The third-order valence-electron chi connectivity index (χ3n) is 7.89. The first-order valence-electron chi connectivity index (χ1n) is 16.3. The molecule has 0 aliphatic rings. The van der Waals surface area contributed by atoms with Gasteiger partial charge in [0.05, 0.1) is 0 Å². The Morgan fingerprint density at radius 3 is 0.930 bits per heavy atom. The maximum atomic E-state index is 10.7. The van der Waals surface area contributed by atoms with E-state index in [0.29, 0.717) is 0 Å². The van der Waals surface area contributed by atoms with Gasteiger partial charge in [0.1, 0.15) is 0 Å². The number of halogens is 6. The standard InChI is InChI=1S/C38H28N2Se.2CHF3O3S/c1-5-13-29(14-6-1)35-36(30-15-7-2-8-16-30)38(32-19-23-34(24-20-32)40-27-11-4-12-28-40)41-37(35)31-17-21-33(22-18-31)39-25-9-3-10-26-39;2*2-1(3,4)8(5,6)7/h1-28H;2*(H,5,6,7)/q+2;;/p-2. The van der Waals surface area contributed by atoms with E-state index < -0.39 is 31.3 Å². The third-order valence-corrected chi connectivity index (χ3v) is 11.7. The van der Waals surface area contributed by atoms with Crippen molar-refractivity contribution in [3.63, 3.8) is 0 Å². The first-order chi connectivity index (χ1) is 26.8. The Morgan fingerprint density at radius 1 is 0.404 bits per heavy atom. The molecule has 8 nitrogen and oxygen atoms in total. The van der Waals surface area contributed by atoms with Crippen LogP contribution in [0.1, 0.15) is 0 Å². The molecule has 0 saturated heterocycles. The van der Waals surface area contributed by atoms with E-state index in [9.17, 15) is 26.3 Å². The van der Waals surface area contributed by atoms with Crippen LogP contribution in [0.15, 0.2) is 170 Å². The van der Waals surface area contributed by atoms with Crippen LogP contribution in [0.4, 0.5) is 26.3 Å². The topological polar surface area (TPSA) is 122 Å². The molecular weight excluding hydrogens is 862 g/mol. The van der Waals surface area contributed by atoms with E-state index in [4.69, 9.17) is 25.9 Å². The number of hydrogen-bond acceptors (Lipinski definition) is 6. The van der Waals surface area contributed by atoms with Crippen molar-refractivity contribution in [1.82, 2.24) is 0 Å². The Hall–Kier alpha value is -5.42. The molecule has 0 saturated carbocycles. The summed E-state index contributed by atoms with van der Waals surface area (Å²) in [6, 6.07) is 52.2. The number of benzene rings is 4. The van der Waals surface area contributed by atoms with Crippen molar-refractivity contribution < 1.29 is 61.4 Å².